The Balaban J connectivity index is 1.58. The number of rotatable bonds is 3. The lowest BCUT2D eigenvalue weighted by Crippen LogP contribution is -2.32. The van der Waals surface area contributed by atoms with E-state index in [9.17, 15) is 4.79 Å². The molecule has 2 aliphatic rings. The quantitative estimate of drug-likeness (QED) is 0.658. The highest BCUT2D eigenvalue weighted by Gasteiger charge is 2.24. The van der Waals surface area contributed by atoms with Crippen LogP contribution < -0.4 is 24.7 Å². The molecule has 0 fully saturated rings. The molecule has 0 atom stereocenters. The highest BCUT2D eigenvalue weighted by molar-refractivity contribution is 5.85. The predicted octanol–water partition coefficient (Wildman–Crippen LogP) is 3.83. The van der Waals surface area contributed by atoms with Crippen molar-refractivity contribution in [1.82, 2.24) is 0 Å². The second-order valence-electron chi connectivity index (χ2n) is 6.77. The van der Waals surface area contributed by atoms with Gasteiger partial charge in [-0.2, -0.15) is 0 Å². The lowest BCUT2D eigenvalue weighted by Gasteiger charge is -2.31. The van der Waals surface area contributed by atoms with Crippen molar-refractivity contribution in [3.05, 3.63) is 57.9 Å². The number of ether oxygens (including phenoxy) is 3. The summed E-state index contributed by atoms with van der Waals surface area (Å²) in [6.45, 7) is 3.35. The largest absolute Gasteiger partial charge is 0.473 e. The van der Waals surface area contributed by atoms with E-state index in [1.54, 1.807) is 6.07 Å². The number of aryl methyl sites for hydroxylation is 1. The van der Waals surface area contributed by atoms with Crippen LogP contribution in [0.1, 0.15) is 24.5 Å². The van der Waals surface area contributed by atoms with Gasteiger partial charge in [0.1, 0.15) is 11.3 Å². The van der Waals surface area contributed by atoms with E-state index in [1.165, 1.54) is 0 Å². The molecule has 2 aliphatic heterocycles. The molecule has 138 valence electrons. The van der Waals surface area contributed by atoms with Crippen LogP contribution in [0.2, 0.25) is 0 Å². The second kappa shape index (κ2) is 6.23. The third-order valence-electron chi connectivity index (χ3n) is 5.02. The number of nitrogens with zero attached hydrogens (tertiary/aromatic N) is 1. The van der Waals surface area contributed by atoms with Crippen LogP contribution in [0.25, 0.3) is 11.0 Å². The Labute approximate surface area is 155 Å². The molecule has 1 aromatic heterocycles. The molecule has 0 saturated carbocycles. The summed E-state index contributed by atoms with van der Waals surface area (Å²) in [5, 5.41) is 0.978. The SMILES string of the molecule is CCCc1cc(=O)oc2c3c(ccc12)OCN(c1ccc2c(c1)OCO2)C3. The van der Waals surface area contributed by atoms with E-state index in [4.69, 9.17) is 18.6 Å². The highest BCUT2D eigenvalue weighted by atomic mass is 16.7. The van der Waals surface area contributed by atoms with Crippen LogP contribution in [0.3, 0.4) is 0 Å². The zero-order valence-electron chi connectivity index (χ0n) is 15.0. The summed E-state index contributed by atoms with van der Waals surface area (Å²) in [5.41, 5.74) is 3.18. The summed E-state index contributed by atoms with van der Waals surface area (Å²) < 4.78 is 22.4. The summed E-state index contributed by atoms with van der Waals surface area (Å²) >= 11 is 0. The topological polar surface area (TPSA) is 61.1 Å². The van der Waals surface area contributed by atoms with Gasteiger partial charge in [-0.25, -0.2) is 4.79 Å². The Kier molecular flexibility index (Phi) is 3.70. The number of hydrogen-bond donors (Lipinski definition) is 0. The molecule has 3 aromatic rings. The van der Waals surface area contributed by atoms with Crippen LogP contribution in [-0.4, -0.2) is 13.5 Å². The van der Waals surface area contributed by atoms with Crippen molar-refractivity contribution >= 4 is 16.7 Å². The average Bonchev–Trinajstić information content (AvgIpc) is 3.15. The van der Waals surface area contributed by atoms with Crippen LogP contribution in [0, 0.1) is 0 Å². The van der Waals surface area contributed by atoms with Gasteiger partial charge in [0.25, 0.3) is 0 Å². The molecule has 27 heavy (non-hydrogen) atoms. The smallest absolute Gasteiger partial charge is 0.336 e. The number of fused-ring (bicyclic) bond motifs is 4. The van der Waals surface area contributed by atoms with Crippen LogP contribution in [0.15, 0.2) is 45.6 Å². The van der Waals surface area contributed by atoms with Crippen molar-refractivity contribution in [1.29, 1.82) is 0 Å². The third kappa shape index (κ3) is 2.68. The normalized spacial score (nSPS) is 14.9. The van der Waals surface area contributed by atoms with E-state index in [1.807, 2.05) is 30.3 Å². The molecule has 2 aromatic carbocycles. The average molecular weight is 365 g/mol. The predicted molar refractivity (Wildman–Crippen MR) is 101 cm³/mol. The lowest BCUT2D eigenvalue weighted by atomic mass is 10.0. The van der Waals surface area contributed by atoms with Gasteiger partial charge < -0.3 is 23.5 Å². The van der Waals surface area contributed by atoms with Crippen LogP contribution in [0.5, 0.6) is 17.2 Å². The molecule has 3 heterocycles. The van der Waals surface area contributed by atoms with Crippen molar-refractivity contribution < 1.29 is 18.6 Å². The van der Waals surface area contributed by atoms with Gasteiger partial charge in [0.05, 0.1) is 12.1 Å². The molecule has 0 saturated heterocycles. The molecule has 6 heteroatoms. The van der Waals surface area contributed by atoms with Gasteiger partial charge in [0, 0.05) is 23.2 Å². The minimum atomic E-state index is -0.320. The summed E-state index contributed by atoms with van der Waals surface area (Å²) in [7, 11) is 0. The van der Waals surface area contributed by atoms with E-state index in [2.05, 4.69) is 11.8 Å². The summed E-state index contributed by atoms with van der Waals surface area (Å²) in [4.78, 5) is 14.2. The first-order chi connectivity index (χ1) is 13.2. The first kappa shape index (κ1) is 16.1. The van der Waals surface area contributed by atoms with Crippen molar-refractivity contribution in [2.45, 2.75) is 26.3 Å². The third-order valence-corrected chi connectivity index (χ3v) is 5.02. The van der Waals surface area contributed by atoms with E-state index < -0.39 is 0 Å². The van der Waals surface area contributed by atoms with Crippen molar-refractivity contribution in [3.63, 3.8) is 0 Å². The van der Waals surface area contributed by atoms with Gasteiger partial charge >= 0.3 is 5.63 Å². The fourth-order valence-corrected chi connectivity index (χ4v) is 3.72. The van der Waals surface area contributed by atoms with Gasteiger partial charge in [-0.15, -0.1) is 0 Å². The summed E-state index contributed by atoms with van der Waals surface area (Å²) in [5.74, 6) is 2.24. The zero-order chi connectivity index (χ0) is 18.4. The molecular weight excluding hydrogens is 346 g/mol. The molecule has 6 nitrogen and oxygen atoms in total. The number of benzene rings is 2. The fraction of sp³-hybridized carbons (Fsp3) is 0.286. The molecule has 0 unspecified atom stereocenters. The summed E-state index contributed by atoms with van der Waals surface area (Å²) in [6, 6.07) is 11.4. The van der Waals surface area contributed by atoms with Gasteiger partial charge in [-0.05, 0) is 36.2 Å². The maximum Gasteiger partial charge on any atom is 0.336 e. The maximum atomic E-state index is 12.1. The Bertz CT molecular complexity index is 1090. The van der Waals surface area contributed by atoms with Crippen LogP contribution in [-0.2, 0) is 13.0 Å². The Morgan fingerprint density at radius 3 is 2.74 bits per heavy atom. The van der Waals surface area contributed by atoms with Crippen LogP contribution >= 0.6 is 0 Å². The number of anilines is 1. The highest BCUT2D eigenvalue weighted by Crippen LogP contribution is 2.39. The van der Waals surface area contributed by atoms with E-state index in [-0.39, 0.29) is 12.4 Å². The molecule has 0 N–H and O–H groups in total. The Hall–Kier alpha value is -3.15. The monoisotopic (exact) mass is 365 g/mol. The zero-order valence-corrected chi connectivity index (χ0v) is 15.0. The van der Waals surface area contributed by atoms with Crippen molar-refractivity contribution in [2.24, 2.45) is 0 Å². The minimum absolute atomic E-state index is 0.244. The molecule has 0 spiro atoms. The van der Waals surface area contributed by atoms with Gasteiger partial charge in [0.15, 0.2) is 18.2 Å². The number of hydrogen-bond acceptors (Lipinski definition) is 6. The van der Waals surface area contributed by atoms with Gasteiger partial charge in [0.2, 0.25) is 6.79 Å². The van der Waals surface area contributed by atoms with Crippen molar-refractivity contribution in [2.75, 3.05) is 18.4 Å². The lowest BCUT2D eigenvalue weighted by molar-refractivity contribution is 0.174. The van der Waals surface area contributed by atoms with E-state index >= 15 is 0 Å². The first-order valence-corrected chi connectivity index (χ1v) is 9.09. The molecule has 0 amide bonds. The minimum Gasteiger partial charge on any atom is -0.473 e. The molecule has 0 radical (unpaired) electrons. The second-order valence-corrected chi connectivity index (χ2v) is 6.77. The molecule has 0 aliphatic carbocycles. The first-order valence-electron chi connectivity index (χ1n) is 9.09. The standard InChI is InChI=1S/C21H19NO5/c1-2-3-13-8-20(23)27-21-15(13)5-7-17-16(21)10-22(11-24-17)14-4-6-18-19(9-14)26-12-25-18/h4-9H,2-3,10-12H2,1H3. The summed E-state index contributed by atoms with van der Waals surface area (Å²) in [6.07, 6.45) is 1.81. The molecular formula is C21H19NO5. The molecule has 5 rings (SSSR count). The van der Waals surface area contributed by atoms with E-state index in [0.717, 1.165) is 52.3 Å². The van der Waals surface area contributed by atoms with Gasteiger partial charge in [-0.3, -0.25) is 0 Å². The van der Waals surface area contributed by atoms with Crippen LogP contribution in [0.4, 0.5) is 5.69 Å². The maximum absolute atomic E-state index is 12.1. The van der Waals surface area contributed by atoms with E-state index in [0.29, 0.717) is 18.9 Å². The van der Waals surface area contributed by atoms with Gasteiger partial charge in [-0.1, -0.05) is 13.3 Å². The Morgan fingerprint density at radius 2 is 1.85 bits per heavy atom. The Morgan fingerprint density at radius 1 is 1.00 bits per heavy atom. The van der Waals surface area contributed by atoms with Crippen molar-refractivity contribution in [3.8, 4) is 17.2 Å². The fourth-order valence-electron chi connectivity index (χ4n) is 3.72. The molecule has 0 bridgehead atoms.